The zero-order valence-electron chi connectivity index (χ0n) is 24.6. The van der Waals surface area contributed by atoms with Crippen molar-refractivity contribution < 1.29 is 42.7 Å². The zero-order chi connectivity index (χ0) is 30.6. The van der Waals surface area contributed by atoms with Crippen LogP contribution in [-0.2, 0) is 15.0 Å². The van der Waals surface area contributed by atoms with Gasteiger partial charge in [-0.05, 0) is 55.6 Å². The molecular weight excluding hydrogens is 561 g/mol. The monoisotopic (exact) mass is 602 g/mol. The standard InChI is InChI=1S/C31H40N2O3.C2HF3O2/c1-35-28-14-8-13-25-29(28)36-18-16-31(25)21-32-20-26(31)30(34)33-17-15-24(22-9-4-2-5-10-22)19-27(33)23-11-6-3-7-12-23;3-2(4,5)1(6)7/h2,4-5,8-10,13-14,23-24,26-27,32H,3,6-7,11-12,15-21H2,1H3;(H,6,7)/t24-,26+,27+,31+;/m1./s1. The number of hydrogen-bond donors (Lipinski definition) is 1. The first kappa shape index (κ1) is 31.2. The van der Waals surface area contributed by atoms with Crippen LogP contribution in [0.2, 0.25) is 0 Å². The number of aliphatic carboxylic acids is 1. The van der Waals surface area contributed by atoms with Crippen LogP contribution in [0.4, 0.5) is 13.2 Å². The normalized spacial score (nSPS) is 27.4. The molecule has 0 aromatic heterocycles. The van der Waals surface area contributed by atoms with Gasteiger partial charge in [0.2, 0.25) is 5.91 Å². The Morgan fingerprint density at radius 1 is 1.05 bits per heavy atom. The Bertz CT molecular complexity index is 1270. The average molecular weight is 603 g/mol. The lowest BCUT2D eigenvalue weighted by Crippen LogP contribution is -2.82. The minimum Gasteiger partial charge on any atom is -0.542 e. The van der Waals surface area contributed by atoms with Gasteiger partial charge in [0.05, 0.1) is 32.2 Å². The molecule has 2 saturated heterocycles. The number of halogens is 3. The number of carbonyl (C=O) groups is 2. The van der Waals surface area contributed by atoms with Gasteiger partial charge in [0.15, 0.2) is 11.5 Å². The molecule has 2 aromatic rings. The van der Waals surface area contributed by atoms with Crippen LogP contribution in [0, 0.1) is 11.8 Å². The maximum absolute atomic E-state index is 14.6. The maximum atomic E-state index is 14.6. The number of methoxy groups -OCH3 is 1. The van der Waals surface area contributed by atoms with Crippen molar-refractivity contribution in [3.63, 3.8) is 0 Å². The van der Waals surface area contributed by atoms with Gasteiger partial charge in [-0.1, -0.05) is 61.7 Å². The topological polar surface area (TPSA) is 95.5 Å². The van der Waals surface area contributed by atoms with E-state index in [9.17, 15) is 18.0 Å². The number of amides is 1. The molecule has 234 valence electrons. The second kappa shape index (κ2) is 13.2. The molecule has 3 fully saturated rings. The summed E-state index contributed by atoms with van der Waals surface area (Å²) in [5, 5.41) is 11.1. The molecule has 1 amide bonds. The number of piperidine rings is 1. The first-order valence-electron chi connectivity index (χ1n) is 15.4. The predicted octanol–water partition coefficient (Wildman–Crippen LogP) is 3.56. The molecule has 1 aliphatic carbocycles. The summed E-state index contributed by atoms with van der Waals surface area (Å²) >= 11 is 0. The first-order valence-corrected chi connectivity index (χ1v) is 15.4. The summed E-state index contributed by atoms with van der Waals surface area (Å²) in [6.07, 6.45) is 4.38. The smallest absolute Gasteiger partial charge is 0.430 e. The fourth-order valence-electron chi connectivity index (χ4n) is 7.94. The molecule has 3 aliphatic heterocycles. The lowest BCUT2D eigenvalue weighted by molar-refractivity contribution is -0.640. The summed E-state index contributed by atoms with van der Waals surface area (Å²) in [4.78, 5) is 25.7. The van der Waals surface area contributed by atoms with Crippen molar-refractivity contribution in [2.45, 2.75) is 74.9 Å². The minimum atomic E-state index is -5.19. The van der Waals surface area contributed by atoms with Crippen LogP contribution >= 0.6 is 0 Å². The summed E-state index contributed by atoms with van der Waals surface area (Å²) in [6, 6.07) is 17.6. The van der Waals surface area contributed by atoms with E-state index in [0.29, 0.717) is 30.4 Å². The van der Waals surface area contributed by atoms with Gasteiger partial charge in [-0.3, -0.25) is 4.79 Å². The number of likely N-dealkylation sites (tertiary alicyclic amines) is 1. The Morgan fingerprint density at radius 2 is 1.77 bits per heavy atom. The van der Waals surface area contributed by atoms with Gasteiger partial charge in [0, 0.05) is 18.2 Å². The van der Waals surface area contributed by atoms with Gasteiger partial charge >= 0.3 is 6.18 Å². The third-order valence-corrected chi connectivity index (χ3v) is 10.0. The Hall–Kier alpha value is -3.27. The highest BCUT2D eigenvalue weighted by Gasteiger charge is 2.56. The number of rotatable bonds is 4. The zero-order valence-corrected chi connectivity index (χ0v) is 24.6. The number of para-hydroxylation sites is 1. The molecule has 0 bridgehead atoms. The number of carboxylic acid groups (broad SMARTS) is 1. The van der Waals surface area contributed by atoms with E-state index in [1.165, 1.54) is 43.2 Å². The van der Waals surface area contributed by atoms with Crippen LogP contribution in [0.5, 0.6) is 11.5 Å². The molecule has 1 spiro atoms. The summed E-state index contributed by atoms with van der Waals surface area (Å²) < 4.78 is 43.3. The maximum Gasteiger partial charge on any atom is 0.430 e. The molecule has 2 aromatic carbocycles. The van der Waals surface area contributed by atoms with Crippen molar-refractivity contribution in [1.29, 1.82) is 0 Å². The highest BCUT2D eigenvalue weighted by atomic mass is 19.4. The van der Waals surface area contributed by atoms with Crippen molar-refractivity contribution in [1.82, 2.24) is 4.90 Å². The summed E-state index contributed by atoms with van der Waals surface area (Å²) in [5.74, 6) is 0.206. The number of ether oxygens (including phenoxy) is 2. The van der Waals surface area contributed by atoms with Crippen LogP contribution in [-0.4, -0.2) is 62.3 Å². The fraction of sp³-hybridized carbons (Fsp3) is 0.576. The van der Waals surface area contributed by atoms with Crippen molar-refractivity contribution in [3.8, 4) is 11.5 Å². The molecule has 4 aliphatic rings. The molecule has 7 nitrogen and oxygen atoms in total. The fourth-order valence-corrected chi connectivity index (χ4v) is 7.94. The van der Waals surface area contributed by atoms with E-state index in [4.69, 9.17) is 19.4 Å². The van der Waals surface area contributed by atoms with Gasteiger partial charge in [0.1, 0.15) is 11.9 Å². The molecule has 0 unspecified atom stereocenters. The number of fused-ring (bicyclic) bond motifs is 2. The SMILES string of the molecule is COc1cccc2c1OCC[C@]21C[NH2+]C[C@H]1C(=O)N1CC[C@@H](c2ccccc2)C[C@H]1C1CCCCC1.O=C([O-])C(F)(F)F. The Labute approximate surface area is 250 Å². The summed E-state index contributed by atoms with van der Waals surface area (Å²) in [6.45, 7) is 3.34. The van der Waals surface area contributed by atoms with E-state index in [2.05, 4.69) is 52.7 Å². The summed E-state index contributed by atoms with van der Waals surface area (Å²) in [7, 11) is 1.70. The van der Waals surface area contributed by atoms with E-state index in [1.54, 1.807) is 7.11 Å². The van der Waals surface area contributed by atoms with Gasteiger partial charge in [-0.15, -0.1) is 0 Å². The molecule has 0 radical (unpaired) electrons. The number of nitrogens with zero attached hydrogens (tertiary/aromatic N) is 1. The van der Waals surface area contributed by atoms with E-state index in [0.717, 1.165) is 50.4 Å². The molecule has 43 heavy (non-hydrogen) atoms. The molecule has 3 heterocycles. The minimum absolute atomic E-state index is 0.00776. The second-order valence-corrected chi connectivity index (χ2v) is 12.3. The molecule has 6 rings (SSSR count). The summed E-state index contributed by atoms with van der Waals surface area (Å²) in [5.41, 5.74) is 2.45. The van der Waals surface area contributed by atoms with Crippen LogP contribution in [0.25, 0.3) is 0 Å². The second-order valence-electron chi connectivity index (χ2n) is 12.3. The first-order chi connectivity index (χ1) is 20.7. The molecular formula is C33H41F3N2O5. The number of quaternary nitrogens is 1. The van der Waals surface area contributed by atoms with E-state index in [1.807, 2.05) is 6.07 Å². The number of carbonyl (C=O) groups excluding carboxylic acids is 2. The lowest BCUT2D eigenvalue weighted by atomic mass is 9.67. The quantitative estimate of drug-likeness (QED) is 0.578. The Kier molecular flexibility index (Phi) is 9.54. The number of carboxylic acids is 1. The molecule has 10 heteroatoms. The number of benzene rings is 2. The Morgan fingerprint density at radius 3 is 2.44 bits per heavy atom. The van der Waals surface area contributed by atoms with E-state index < -0.39 is 12.1 Å². The molecule has 4 atom stereocenters. The van der Waals surface area contributed by atoms with Crippen LogP contribution in [0.1, 0.15) is 68.4 Å². The molecule has 2 N–H and O–H groups in total. The van der Waals surface area contributed by atoms with Crippen LogP contribution < -0.4 is 19.9 Å². The highest BCUT2D eigenvalue weighted by molar-refractivity contribution is 5.82. The predicted molar refractivity (Wildman–Crippen MR) is 151 cm³/mol. The Balaban J connectivity index is 0.000000472. The highest BCUT2D eigenvalue weighted by Crippen LogP contribution is 2.49. The van der Waals surface area contributed by atoms with Gasteiger partial charge < -0.3 is 29.6 Å². The van der Waals surface area contributed by atoms with Crippen LogP contribution in [0.15, 0.2) is 48.5 Å². The number of hydrogen-bond acceptors (Lipinski definition) is 5. The van der Waals surface area contributed by atoms with E-state index in [-0.39, 0.29) is 11.3 Å². The third-order valence-electron chi connectivity index (χ3n) is 10.0. The average Bonchev–Trinajstić information content (AvgIpc) is 3.44. The van der Waals surface area contributed by atoms with Crippen molar-refractivity contribution in [2.24, 2.45) is 11.8 Å². The van der Waals surface area contributed by atoms with Crippen LogP contribution in [0.3, 0.4) is 0 Å². The van der Waals surface area contributed by atoms with Gasteiger partial charge in [-0.2, -0.15) is 13.2 Å². The van der Waals surface area contributed by atoms with Crippen molar-refractivity contribution in [2.75, 3.05) is 33.4 Å². The van der Waals surface area contributed by atoms with Gasteiger partial charge in [0.25, 0.3) is 0 Å². The van der Waals surface area contributed by atoms with E-state index >= 15 is 0 Å². The van der Waals surface area contributed by atoms with Crippen molar-refractivity contribution >= 4 is 11.9 Å². The lowest BCUT2D eigenvalue weighted by Gasteiger charge is -2.47. The van der Waals surface area contributed by atoms with Gasteiger partial charge in [-0.25, -0.2) is 0 Å². The largest absolute Gasteiger partial charge is 0.542 e. The van der Waals surface area contributed by atoms with Crippen molar-refractivity contribution in [3.05, 3.63) is 59.7 Å². The number of alkyl halides is 3. The number of nitrogens with two attached hydrogens (primary N) is 1. The third kappa shape index (κ3) is 6.49. The molecule has 1 saturated carbocycles.